The molecular formula is C23H30ClN4O2+. The van der Waals surface area contributed by atoms with Crippen LogP contribution in [-0.4, -0.2) is 62.5 Å². The van der Waals surface area contributed by atoms with Crippen LogP contribution in [0.5, 0.6) is 0 Å². The maximum atomic E-state index is 12.9. The summed E-state index contributed by atoms with van der Waals surface area (Å²) >= 11 is 6.32. The SMILES string of the molecule is Cc1ccc(NC(=O)CN(C)C(=O)[C@H](C)[NH+]2CCN(c3ccccc3Cl)CC2)cc1. The van der Waals surface area contributed by atoms with Gasteiger partial charge in [0.05, 0.1) is 43.4 Å². The van der Waals surface area contributed by atoms with Gasteiger partial charge < -0.3 is 20.0 Å². The molecule has 0 aliphatic carbocycles. The molecule has 1 atom stereocenters. The third kappa shape index (κ3) is 5.52. The van der Waals surface area contributed by atoms with Crippen molar-refractivity contribution in [3.05, 3.63) is 59.1 Å². The lowest BCUT2D eigenvalue weighted by atomic mass is 10.2. The van der Waals surface area contributed by atoms with Gasteiger partial charge in [-0.2, -0.15) is 0 Å². The van der Waals surface area contributed by atoms with Gasteiger partial charge in [0.2, 0.25) is 5.91 Å². The zero-order valence-electron chi connectivity index (χ0n) is 17.8. The fraction of sp³-hybridized carbons (Fsp3) is 0.391. The van der Waals surface area contributed by atoms with Gasteiger partial charge in [0.25, 0.3) is 5.91 Å². The second kappa shape index (κ2) is 9.96. The third-order valence-corrected chi connectivity index (χ3v) is 5.99. The predicted molar refractivity (Wildman–Crippen MR) is 121 cm³/mol. The minimum absolute atomic E-state index is 0.0183. The van der Waals surface area contributed by atoms with Crippen LogP contribution in [0.15, 0.2) is 48.5 Å². The Morgan fingerprint density at radius 1 is 1.13 bits per heavy atom. The van der Waals surface area contributed by atoms with Gasteiger partial charge in [-0.25, -0.2) is 0 Å². The van der Waals surface area contributed by atoms with Gasteiger partial charge in [-0.3, -0.25) is 9.59 Å². The molecule has 7 heteroatoms. The van der Waals surface area contributed by atoms with Crippen molar-refractivity contribution in [3.8, 4) is 0 Å². The van der Waals surface area contributed by atoms with Crippen LogP contribution in [0.4, 0.5) is 11.4 Å². The van der Waals surface area contributed by atoms with Gasteiger partial charge in [0, 0.05) is 12.7 Å². The molecule has 0 spiro atoms. The zero-order valence-corrected chi connectivity index (χ0v) is 18.6. The molecule has 2 aromatic rings. The van der Waals surface area contributed by atoms with Gasteiger partial charge >= 0.3 is 0 Å². The number of nitrogens with zero attached hydrogens (tertiary/aromatic N) is 2. The standard InChI is InChI=1S/C23H29ClN4O2/c1-17-8-10-19(11-9-17)25-22(29)16-26(3)23(30)18(2)27-12-14-28(15-13-27)21-7-5-4-6-20(21)24/h4-11,18H,12-16H2,1-3H3,(H,25,29)/p+1/t18-/m0/s1. The zero-order chi connectivity index (χ0) is 21.7. The largest absolute Gasteiger partial charge is 0.359 e. The second-order valence-electron chi connectivity index (χ2n) is 7.93. The topological polar surface area (TPSA) is 57.1 Å². The Morgan fingerprint density at radius 2 is 1.77 bits per heavy atom. The van der Waals surface area contributed by atoms with Crippen LogP contribution >= 0.6 is 11.6 Å². The molecule has 6 nitrogen and oxygen atoms in total. The van der Waals surface area contributed by atoms with E-state index in [4.69, 9.17) is 11.6 Å². The monoisotopic (exact) mass is 429 g/mol. The highest BCUT2D eigenvalue weighted by Crippen LogP contribution is 2.24. The van der Waals surface area contributed by atoms with Gasteiger partial charge in [0.15, 0.2) is 6.04 Å². The summed E-state index contributed by atoms with van der Waals surface area (Å²) in [5, 5.41) is 3.60. The number of anilines is 2. The van der Waals surface area contributed by atoms with Crippen LogP contribution in [0.1, 0.15) is 12.5 Å². The van der Waals surface area contributed by atoms with Crippen molar-refractivity contribution in [2.75, 3.05) is 50.0 Å². The van der Waals surface area contributed by atoms with E-state index < -0.39 is 0 Å². The number of carbonyl (C=O) groups is 2. The van der Waals surface area contributed by atoms with Crippen molar-refractivity contribution in [1.29, 1.82) is 0 Å². The molecule has 0 radical (unpaired) electrons. The molecule has 1 saturated heterocycles. The summed E-state index contributed by atoms with van der Waals surface area (Å²) in [6.45, 7) is 7.36. The van der Waals surface area contributed by atoms with Crippen LogP contribution in [0.25, 0.3) is 0 Å². The summed E-state index contributed by atoms with van der Waals surface area (Å²) in [6, 6.07) is 15.3. The molecule has 0 bridgehead atoms. The molecule has 3 rings (SSSR count). The molecule has 0 saturated carbocycles. The minimum Gasteiger partial charge on any atom is -0.359 e. The normalized spacial score (nSPS) is 15.5. The van der Waals surface area contributed by atoms with Crippen LogP contribution in [0.2, 0.25) is 5.02 Å². The number of para-hydroxylation sites is 1. The highest BCUT2D eigenvalue weighted by molar-refractivity contribution is 6.33. The van der Waals surface area contributed by atoms with Crippen molar-refractivity contribution in [2.24, 2.45) is 0 Å². The summed E-state index contributed by atoms with van der Waals surface area (Å²) in [7, 11) is 1.69. The van der Waals surface area contributed by atoms with Crippen molar-refractivity contribution >= 4 is 34.8 Å². The van der Waals surface area contributed by atoms with Gasteiger partial charge in [-0.05, 0) is 38.1 Å². The summed E-state index contributed by atoms with van der Waals surface area (Å²) in [5.41, 5.74) is 2.91. The van der Waals surface area contributed by atoms with E-state index >= 15 is 0 Å². The second-order valence-corrected chi connectivity index (χ2v) is 8.33. The number of aryl methyl sites for hydroxylation is 1. The number of hydrogen-bond donors (Lipinski definition) is 2. The van der Waals surface area contributed by atoms with Gasteiger partial charge in [0.1, 0.15) is 0 Å². The fourth-order valence-corrected chi connectivity index (χ4v) is 4.07. The Hall–Kier alpha value is -2.57. The minimum atomic E-state index is -0.199. The number of hydrogen-bond acceptors (Lipinski definition) is 3. The molecule has 1 aliphatic heterocycles. The predicted octanol–water partition coefficient (Wildman–Crippen LogP) is 1.84. The van der Waals surface area contributed by atoms with E-state index in [1.54, 1.807) is 7.05 Å². The van der Waals surface area contributed by atoms with Crippen molar-refractivity contribution in [1.82, 2.24) is 4.90 Å². The summed E-state index contributed by atoms with van der Waals surface area (Å²) in [6.07, 6.45) is 0. The average molecular weight is 430 g/mol. The van der Waals surface area contributed by atoms with Crippen LogP contribution in [-0.2, 0) is 9.59 Å². The van der Waals surface area contributed by atoms with E-state index in [1.807, 2.05) is 62.4 Å². The van der Waals surface area contributed by atoms with Gasteiger partial charge in [-0.15, -0.1) is 0 Å². The molecule has 0 aromatic heterocycles. The molecule has 2 N–H and O–H groups in total. The van der Waals surface area contributed by atoms with E-state index in [-0.39, 0.29) is 24.4 Å². The number of rotatable bonds is 6. The number of benzene rings is 2. The number of halogens is 1. The Morgan fingerprint density at radius 3 is 2.40 bits per heavy atom. The Labute approximate surface area is 183 Å². The molecule has 1 heterocycles. The van der Waals surface area contributed by atoms with E-state index in [1.165, 1.54) is 9.80 Å². The van der Waals surface area contributed by atoms with E-state index in [0.29, 0.717) is 0 Å². The van der Waals surface area contributed by atoms with E-state index in [2.05, 4.69) is 10.2 Å². The van der Waals surface area contributed by atoms with Crippen LogP contribution in [0.3, 0.4) is 0 Å². The molecule has 2 aromatic carbocycles. The summed E-state index contributed by atoms with van der Waals surface area (Å²) in [4.78, 5) is 30.2. The number of piperazine rings is 1. The molecule has 160 valence electrons. The summed E-state index contributed by atoms with van der Waals surface area (Å²) < 4.78 is 0. The third-order valence-electron chi connectivity index (χ3n) is 5.67. The smallest absolute Gasteiger partial charge is 0.280 e. The Kier molecular flexibility index (Phi) is 7.34. The van der Waals surface area contributed by atoms with E-state index in [9.17, 15) is 9.59 Å². The number of nitrogens with one attached hydrogen (secondary N) is 2. The first-order valence-corrected chi connectivity index (χ1v) is 10.7. The number of amides is 2. The van der Waals surface area contributed by atoms with Crippen LogP contribution in [0, 0.1) is 6.92 Å². The molecular weight excluding hydrogens is 400 g/mol. The highest BCUT2D eigenvalue weighted by atomic mass is 35.5. The molecule has 2 amide bonds. The lowest BCUT2D eigenvalue weighted by Crippen LogP contribution is -3.19. The molecule has 1 fully saturated rings. The van der Waals surface area contributed by atoms with Crippen molar-refractivity contribution in [3.63, 3.8) is 0 Å². The molecule has 1 aliphatic rings. The number of carbonyl (C=O) groups excluding carboxylic acids is 2. The van der Waals surface area contributed by atoms with Gasteiger partial charge in [-0.1, -0.05) is 41.4 Å². The molecule has 30 heavy (non-hydrogen) atoms. The first kappa shape index (κ1) is 22.1. The lowest BCUT2D eigenvalue weighted by Gasteiger charge is -2.37. The quantitative estimate of drug-likeness (QED) is 0.736. The number of quaternary nitrogens is 1. The van der Waals surface area contributed by atoms with Crippen LogP contribution < -0.4 is 15.1 Å². The molecule has 0 unspecified atom stereocenters. The Balaban J connectivity index is 1.49. The first-order valence-electron chi connectivity index (χ1n) is 10.3. The Bertz CT molecular complexity index is 879. The average Bonchev–Trinajstić information content (AvgIpc) is 2.74. The fourth-order valence-electron chi connectivity index (χ4n) is 3.81. The maximum absolute atomic E-state index is 12.9. The highest BCUT2D eigenvalue weighted by Gasteiger charge is 2.32. The maximum Gasteiger partial charge on any atom is 0.280 e. The number of likely N-dealkylation sites (N-methyl/N-ethyl adjacent to an activating group) is 1. The summed E-state index contributed by atoms with van der Waals surface area (Å²) in [5.74, 6) is -0.212. The first-order chi connectivity index (χ1) is 14.3. The lowest BCUT2D eigenvalue weighted by molar-refractivity contribution is -0.915. The van der Waals surface area contributed by atoms with E-state index in [0.717, 1.165) is 48.1 Å². The van der Waals surface area contributed by atoms with Crippen molar-refractivity contribution in [2.45, 2.75) is 19.9 Å². The van der Waals surface area contributed by atoms with Crippen molar-refractivity contribution < 1.29 is 14.5 Å².